The summed E-state index contributed by atoms with van der Waals surface area (Å²) in [5, 5.41) is 14.1. The quantitative estimate of drug-likeness (QED) is 0.0185. The molecular weight excluding hydrogens is 1020 g/mol. The molecule has 0 fully saturated rings. The van der Waals surface area contributed by atoms with E-state index in [4.69, 9.17) is 9.47 Å². The SMILES string of the molecule is CCCCCCCCCCCCCC(=O)NC(CNC(=O)C(COS(=O)(=O)O)NC(=O)CNC(=O)C(NC(=O)Cc1c[nH]c2ccccc12)C(C)CC)COCCC(CCCCCCC)OC(=O)CCCCCCCCCC. The van der Waals surface area contributed by atoms with Gasteiger partial charge in [0.15, 0.2) is 0 Å². The van der Waals surface area contributed by atoms with Crippen molar-refractivity contribution in [2.24, 2.45) is 5.92 Å². The molecule has 5 atom stereocenters. The van der Waals surface area contributed by atoms with Crippen LogP contribution in [0.5, 0.6) is 0 Å². The number of carbonyl (C=O) groups excluding carboxylic acids is 6. The first-order chi connectivity index (χ1) is 37.6. The number of para-hydroxylation sites is 1. The summed E-state index contributed by atoms with van der Waals surface area (Å²) < 4.78 is 49.3. The van der Waals surface area contributed by atoms with Gasteiger partial charge in [-0.1, -0.05) is 194 Å². The van der Waals surface area contributed by atoms with E-state index in [1.165, 1.54) is 77.0 Å². The highest BCUT2D eigenvalue weighted by molar-refractivity contribution is 7.80. The van der Waals surface area contributed by atoms with Crippen LogP contribution in [0, 0.1) is 5.92 Å². The highest BCUT2D eigenvalue weighted by Gasteiger charge is 2.29. The molecule has 1 heterocycles. The maximum absolute atomic E-state index is 13.7. The van der Waals surface area contributed by atoms with E-state index in [0.717, 1.165) is 87.1 Å². The molecule has 0 aliphatic rings. The van der Waals surface area contributed by atoms with Crippen LogP contribution in [0.2, 0.25) is 0 Å². The van der Waals surface area contributed by atoms with Crippen molar-refractivity contribution < 1.29 is 55.4 Å². The lowest BCUT2D eigenvalue weighted by Gasteiger charge is -2.24. The lowest BCUT2D eigenvalue weighted by Crippen LogP contribution is -2.56. The summed E-state index contributed by atoms with van der Waals surface area (Å²) in [7, 11) is -5.05. The monoisotopic (exact) mass is 1120 g/mol. The Morgan fingerprint density at radius 1 is 0.615 bits per heavy atom. The first-order valence-corrected chi connectivity index (χ1v) is 31.3. The molecule has 0 bridgehead atoms. The Morgan fingerprint density at radius 3 is 1.77 bits per heavy atom. The molecule has 0 radical (unpaired) electrons. The van der Waals surface area contributed by atoms with Crippen molar-refractivity contribution in [3.8, 4) is 0 Å². The molecule has 0 aliphatic heterocycles. The summed E-state index contributed by atoms with van der Waals surface area (Å²) in [6.07, 6.45) is 30.4. The number of amides is 5. The van der Waals surface area contributed by atoms with Crippen LogP contribution in [-0.4, -0.2) is 111 Å². The van der Waals surface area contributed by atoms with Gasteiger partial charge in [0.2, 0.25) is 29.5 Å². The fraction of sp³-hybridized carbons (Fsp3) is 0.763. The molecule has 1 aromatic heterocycles. The van der Waals surface area contributed by atoms with Crippen LogP contribution >= 0.6 is 0 Å². The van der Waals surface area contributed by atoms with Crippen LogP contribution in [0.25, 0.3) is 10.9 Å². The van der Waals surface area contributed by atoms with Crippen LogP contribution in [0.4, 0.5) is 0 Å². The lowest BCUT2D eigenvalue weighted by molar-refractivity contribution is -0.150. The lowest BCUT2D eigenvalue weighted by atomic mass is 9.98. The van der Waals surface area contributed by atoms with Gasteiger partial charge in [0.1, 0.15) is 18.2 Å². The van der Waals surface area contributed by atoms with Crippen molar-refractivity contribution in [3.63, 3.8) is 0 Å². The molecule has 5 amide bonds. The smallest absolute Gasteiger partial charge is 0.397 e. The fourth-order valence-corrected chi connectivity index (χ4v) is 9.62. The van der Waals surface area contributed by atoms with Crippen molar-refractivity contribution in [1.29, 1.82) is 0 Å². The minimum atomic E-state index is -5.05. The van der Waals surface area contributed by atoms with Gasteiger partial charge in [0.05, 0.1) is 38.8 Å². The molecule has 7 N–H and O–H groups in total. The van der Waals surface area contributed by atoms with Gasteiger partial charge in [-0.15, -0.1) is 0 Å². The summed E-state index contributed by atoms with van der Waals surface area (Å²) in [5.41, 5.74) is 1.62. The number of esters is 1. The Hall–Kier alpha value is -4.59. The molecule has 0 saturated carbocycles. The number of carbonyl (C=O) groups is 6. The van der Waals surface area contributed by atoms with Crippen LogP contribution in [-0.2, 0) is 59.2 Å². The Bertz CT molecular complexity index is 2090. The standard InChI is InChI=1S/C59H102N6O12S/c1-6-10-13-16-18-20-21-22-23-26-29-36-53(66)63-48(44-75-39-38-49(33-28-25-15-12-8-3)77-56(69)37-30-27-24-19-17-14-11-7-2)42-61-58(70)52(45-76-78(72,73)74)64-55(68)43-62-59(71)57(46(5)9-4)65-54(67)40-47-41-60-51-35-32-31-34-50(47)51/h31-32,34-35,41,46,48-49,52,57,60H,6-30,33,36-40,42-45H2,1-5H3,(H,61,70)(H,62,71)(H,63,66)(H,64,68)(H,65,67)(H,72,73,74). The number of rotatable bonds is 49. The maximum Gasteiger partial charge on any atom is 0.397 e. The van der Waals surface area contributed by atoms with E-state index in [2.05, 4.69) is 56.5 Å². The van der Waals surface area contributed by atoms with Crippen LogP contribution in [0.15, 0.2) is 30.5 Å². The minimum Gasteiger partial charge on any atom is -0.462 e. The number of hydrogen-bond donors (Lipinski definition) is 7. The fourth-order valence-electron chi connectivity index (χ4n) is 9.31. The normalized spacial score (nSPS) is 13.5. The highest BCUT2D eigenvalue weighted by Crippen LogP contribution is 2.20. The first-order valence-electron chi connectivity index (χ1n) is 30.0. The van der Waals surface area contributed by atoms with Crippen LogP contribution in [0.3, 0.4) is 0 Å². The van der Waals surface area contributed by atoms with Crippen molar-refractivity contribution in [1.82, 2.24) is 31.6 Å². The molecule has 0 saturated heterocycles. The van der Waals surface area contributed by atoms with E-state index in [0.29, 0.717) is 32.1 Å². The molecule has 2 rings (SSSR count). The number of aromatic nitrogens is 1. The third-order valence-electron chi connectivity index (χ3n) is 14.3. The summed E-state index contributed by atoms with van der Waals surface area (Å²) in [5.74, 6) is -3.63. The zero-order valence-electron chi connectivity index (χ0n) is 48.4. The number of ether oxygens (including phenoxy) is 2. The van der Waals surface area contributed by atoms with Crippen molar-refractivity contribution in [2.75, 3.05) is 32.9 Å². The van der Waals surface area contributed by atoms with E-state index in [1.54, 1.807) is 13.1 Å². The molecule has 5 unspecified atom stereocenters. The first kappa shape index (κ1) is 69.5. The molecule has 0 aliphatic carbocycles. The third-order valence-corrected chi connectivity index (χ3v) is 14.7. The molecule has 446 valence electrons. The van der Waals surface area contributed by atoms with Gasteiger partial charge < -0.3 is 41.0 Å². The Balaban J connectivity index is 2.09. The van der Waals surface area contributed by atoms with E-state index >= 15 is 0 Å². The second-order valence-electron chi connectivity index (χ2n) is 21.2. The van der Waals surface area contributed by atoms with E-state index < -0.39 is 65.3 Å². The van der Waals surface area contributed by atoms with Crippen LogP contribution < -0.4 is 26.6 Å². The topological polar surface area (TPSA) is 260 Å². The van der Waals surface area contributed by atoms with Crippen LogP contribution in [0.1, 0.15) is 226 Å². The average molecular weight is 1120 g/mol. The van der Waals surface area contributed by atoms with Crippen molar-refractivity contribution in [3.05, 3.63) is 36.0 Å². The highest BCUT2D eigenvalue weighted by atomic mass is 32.3. The average Bonchev–Trinajstić information content (AvgIpc) is 3.83. The van der Waals surface area contributed by atoms with Gasteiger partial charge in [-0.05, 0) is 43.2 Å². The second kappa shape index (κ2) is 43.2. The summed E-state index contributed by atoms with van der Waals surface area (Å²) in [6.45, 7) is 8.56. The van der Waals surface area contributed by atoms with E-state index in [-0.39, 0.29) is 56.5 Å². The molecule has 18 nitrogen and oxygen atoms in total. The number of hydrogen-bond acceptors (Lipinski definition) is 11. The number of benzene rings is 1. The molecule has 19 heteroatoms. The van der Waals surface area contributed by atoms with Crippen molar-refractivity contribution >= 4 is 56.8 Å². The predicted octanol–water partition coefficient (Wildman–Crippen LogP) is 10.2. The largest absolute Gasteiger partial charge is 0.462 e. The number of fused-ring (bicyclic) bond motifs is 1. The van der Waals surface area contributed by atoms with Gasteiger partial charge in [-0.2, -0.15) is 8.42 Å². The van der Waals surface area contributed by atoms with E-state index in [1.807, 2.05) is 31.2 Å². The Morgan fingerprint density at radius 2 is 1.18 bits per heavy atom. The number of aromatic amines is 1. The summed E-state index contributed by atoms with van der Waals surface area (Å²) in [6, 6.07) is 4.08. The zero-order valence-corrected chi connectivity index (χ0v) is 49.2. The summed E-state index contributed by atoms with van der Waals surface area (Å²) in [4.78, 5) is 83.1. The van der Waals surface area contributed by atoms with Gasteiger partial charge in [0, 0.05) is 42.9 Å². The maximum atomic E-state index is 13.7. The van der Waals surface area contributed by atoms with Gasteiger partial charge in [0.25, 0.3) is 0 Å². The number of unbranched alkanes of at least 4 members (excludes halogenated alkanes) is 21. The molecule has 78 heavy (non-hydrogen) atoms. The van der Waals surface area contributed by atoms with Gasteiger partial charge in [-0.25, -0.2) is 4.18 Å². The molecule has 0 spiro atoms. The molecular formula is C59H102N6O12S. The Labute approximate surface area is 468 Å². The van der Waals surface area contributed by atoms with Gasteiger partial charge in [-0.3, -0.25) is 33.3 Å². The second-order valence-corrected chi connectivity index (χ2v) is 22.3. The van der Waals surface area contributed by atoms with Crippen molar-refractivity contribution in [2.45, 2.75) is 251 Å². The van der Waals surface area contributed by atoms with E-state index in [9.17, 15) is 41.7 Å². The minimum absolute atomic E-state index is 0.00164. The zero-order chi connectivity index (χ0) is 57.2. The third kappa shape index (κ3) is 33.8. The summed E-state index contributed by atoms with van der Waals surface area (Å²) >= 11 is 0. The molecule has 2 aromatic rings. The predicted molar refractivity (Wildman–Crippen MR) is 308 cm³/mol. The Kier molecular flexibility index (Phi) is 38.5. The van der Waals surface area contributed by atoms with Gasteiger partial charge >= 0.3 is 16.4 Å². The number of nitrogens with one attached hydrogen (secondary N) is 6. The molecule has 1 aromatic carbocycles. The number of H-pyrrole nitrogens is 1.